The smallest absolute Gasteiger partial charge is 0.223 e. The molecule has 6 nitrogen and oxygen atoms in total. The summed E-state index contributed by atoms with van der Waals surface area (Å²) in [4.78, 5) is 18.4. The predicted molar refractivity (Wildman–Crippen MR) is 121 cm³/mol. The molecule has 1 aromatic rings. The number of carbonyl (C=O) groups is 1. The molecule has 2 N–H and O–H groups in total. The van der Waals surface area contributed by atoms with Crippen LogP contribution in [0.1, 0.15) is 32.1 Å². The lowest BCUT2D eigenvalue weighted by molar-refractivity contribution is -0.125. The number of likely N-dealkylation sites (N-methyl/N-ethyl adjacent to an activating group) is 1. The van der Waals surface area contributed by atoms with Crippen molar-refractivity contribution in [1.82, 2.24) is 15.5 Å². The molecule has 1 saturated carbocycles. The molecule has 0 saturated heterocycles. The number of carbonyl (C=O) groups excluding carboxylic acids is 1. The van der Waals surface area contributed by atoms with Crippen molar-refractivity contribution in [2.75, 3.05) is 40.3 Å². The van der Waals surface area contributed by atoms with Gasteiger partial charge in [0.2, 0.25) is 5.91 Å². The molecule has 0 aliphatic heterocycles. The van der Waals surface area contributed by atoms with E-state index < -0.39 is 0 Å². The van der Waals surface area contributed by atoms with Crippen molar-refractivity contribution in [3.8, 4) is 5.75 Å². The third-order valence-electron chi connectivity index (χ3n) is 4.70. The van der Waals surface area contributed by atoms with E-state index in [-0.39, 0.29) is 35.8 Å². The molecule has 0 radical (unpaired) electrons. The summed E-state index contributed by atoms with van der Waals surface area (Å²) in [5, 5.41) is 6.32. The minimum absolute atomic E-state index is 0. The lowest BCUT2D eigenvalue weighted by Gasteiger charge is -2.23. The molecule has 152 valence electrons. The van der Waals surface area contributed by atoms with Crippen LogP contribution >= 0.6 is 24.0 Å². The highest BCUT2D eigenvalue weighted by atomic mass is 127. The second kappa shape index (κ2) is 13.6. The number of rotatable bonds is 8. The number of halogens is 1. The van der Waals surface area contributed by atoms with Gasteiger partial charge in [-0.2, -0.15) is 0 Å². The van der Waals surface area contributed by atoms with Gasteiger partial charge in [-0.25, -0.2) is 0 Å². The molecular weight excluding hydrogens is 455 g/mol. The van der Waals surface area contributed by atoms with Crippen molar-refractivity contribution in [2.24, 2.45) is 10.9 Å². The topological polar surface area (TPSA) is 66.0 Å². The van der Waals surface area contributed by atoms with Gasteiger partial charge in [0.15, 0.2) is 5.96 Å². The molecular formula is C20H33IN4O2. The lowest BCUT2D eigenvalue weighted by atomic mass is 9.89. The summed E-state index contributed by atoms with van der Waals surface area (Å²) in [5.74, 6) is 2.08. The van der Waals surface area contributed by atoms with Crippen molar-refractivity contribution in [1.29, 1.82) is 0 Å². The van der Waals surface area contributed by atoms with Gasteiger partial charge in [-0.3, -0.25) is 9.79 Å². The molecule has 0 spiro atoms. The number of aliphatic imine (C=N–C) groups is 1. The summed E-state index contributed by atoms with van der Waals surface area (Å²) in [5.41, 5.74) is 0. The molecule has 1 fully saturated rings. The van der Waals surface area contributed by atoms with Gasteiger partial charge in [0.1, 0.15) is 12.4 Å². The molecule has 27 heavy (non-hydrogen) atoms. The van der Waals surface area contributed by atoms with Gasteiger partial charge >= 0.3 is 0 Å². The fraction of sp³-hybridized carbons (Fsp3) is 0.600. The highest BCUT2D eigenvalue weighted by Crippen LogP contribution is 2.23. The Morgan fingerprint density at radius 1 is 1.15 bits per heavy atom. The first kappa shape index (κ1) is 23.5. The number of amides is 1. The van der Waals surface area contributed by atoms with E-state index >= 15 is 0 Å². The van der Waals surface area contributed by atoms with Crippen LogP contribution < -0.4 is 15.4 Å². The number of hydrogen-bond donors (Lipinski definition) is 2. The zero-order valence-electron chi connectivity index (χ0n) is 16.4. The van der Waals surface area contributed by atoms with Crippen molar-refractivity contribution in [3.63, 3.8) is 0 Å². The van der Waals surface area contributed by atoms with Crippen LogP contribution in [-0.2, 0) is 4.79 Å². The normalized spacial score (nSPS) is 14.8. The molecule has 0 heterocycles. The molecule has 1 amide bonds. The first-order chi connectivity index (χ1) is 12.7. The highest BCUT2D eigenvalue weighted by molar-refractivity contribution is 14.0. The SMILES string of the molecule is CN=C(NCCNC(=O)C1CCCCC1)N(C)CCOc1ccccc1.I. The minimum atomic E-state index is 0. The maximum Gasteiger partial charge on any atom is 0.223 e. The predicted octanol–water partition coefficient (Wildman–Crippen LogP) is 2.89. The molecule has 0 bridgehead atoms. The van der Waals surface area contributed by atoms with E-state index in [1.165, 1.54) is 19.3 Å². The van der Waals surface area contributed by atoms with Crippen LogP contribution in [0, 0.1) is 5.92 Å². The largest absolute Gasteiger partial charge is 0.492 e. The molecule has 0 aromatic heterocycles. The van der Waals surface area contributed by atoms with Crippen LogP contribution in [0.3, 0.4) is 0 Å². The van der Waals surface area contributed by atoms with E-state index in [9.17, 15) is 4.79 Å². The molecule has 7 heteroatoms. The van der Waals surface area contributed by atoms with Gasteiger partial charge in [0.05, 0.1) is 6.54 Å². The number of guanidine groups is 1. The van der Waals surface area contributed by atoms with E-state index in [0.29, 0.717) is 19.7 Å². The maximum atomic E-state index is 12.1. The van der Waals surface area contributed by atoms with Crippen LogP contribution in [0.4, 0.5) is 0 Å². The van der Waals surface area contributed by atoms with Gasteiger partial charge in [-0.15, -0.1) is 24.0 Å². The van der Waals surface area contributed by atoms with Crippen LogP contribution in [0.5, 0.6) is 5.75 Å². The van der Waals surface area contributed by atoms with E-state index in [1.54, 1.807) is 7.05 Å². The summed E-state index contributed by atoms with van der Waals surface area (Å²) >= 11 is 0. The second-order valence-corrected chi connectivity index (χ2v) is 6.68. The number of hydrogen-bond acceptors (Lipinski definition) is 3. The zero-order chi connectivity index (χ0) is 18.6. The number of benzene rings is 1. The van der Waals surface area contributed by atoms with E-state index in [2.05, 4.69) is 15.6 Å². The van der Waals surface area contributed by atoms with Crippen molar-refractivity contribution < 1.29 is 9.53 Å². The fourth-order valence-corrected chi connectivity index (χ4v) is 3.18. The highest BCUT2D eigenvalue weighted by Gasteiger charge is 2.20. The Morgan fingerprint density at radius 2 is 1.81 bits per heavy atom. The van der Waals surface area contributed by atoms with E-state index in [4.69, 9.17) is 4.74 Å². The van der Waals surface area contributed by atoms with Crippen molar-refractivity contribution >= 4 is 35.8 Å². The Balaban J connectivity index is 0.00000364. The molecule has 0 atom stereocenters. The van der Waals surface area contributed by atoms with Crippen molar-refractivity contribution in [2.45, 2.75) is 32.1 Å². The molecule has 2 rings (SSSR count). The van der Waals surface area contributed by atoms with Gasteiger partial charge in [-0.05, 0) is 25.0 Å². The first-order valence-electron chi connectivity index (χ1n) is 9.58. The molecule has 0 unspecified atom stereocenters. The Hall–Kier alpha value is -1.51. The van der Waals surface area contributed by atoms with Crippen LogP contribution in [0.25, 0.3) is 0 Å². The summed E-state index contributed by atoms with van der Waals surface area (Å²) in [6, 6.07) is 9.78. The summed E-state index contributed by atoms with van der Waals surface area (Å²) in [6.45, 7) is 2.58. The van der Waals surface area contributed by atoms with Gasteiger partial charge < -0.3 is 20.3 Å². The van der Waals surface area contributed by atoms with Gasteiger partial charge in [-0.1, -0.05) is 37.5 Å². The Kier molecular flexibility index (Phi) is 11.9. The van der Waals surface area contributed by atoms with Gasteiger partial charge in [0, 0.05) is 33.1 Å². The molecule has 1 aliphatic rings. The average Bonchev–Trinajstić information content (AvgIpc) is 2.69. The van der Waals surface area contributed by atoms with Gasteiger partial charge in [0.25, 0.3) is 0 Å². The minimum Gasteiger partial charge on any atom is -0.492 e. The molecule has 1 aromatic carbocycles. The monoisotopic (exact) mass is 488 g/mol. The fourth-order valence-electron chi connectivity index (χ4n) is 3.18. The zero-order valence-corrected chi connectivity index (χ0v) is 18.8. The third-order valence-corrected chi connectivity index (χ3v) is 4.70. The number of nitrogens with zero attached hydrogens (tertiary/aromatic N) is 2. The first-order valence-corrected chi connectivity index (χ1v) is 9.58. The van der Waals surface area contributed by atoms with Crippen molar-refractivity contribution in [3.05, 3.63) is 30.3 Å². The summed E-state index contributed by atoms with van der Waals surface area (Å²) < 4.78 is 5.71. The second-order valence-electron chi connectivity index (χ2n) is 6.68. The summed E-state index contributed by atoms with van der Waals surface area (Å²) in [6.07, 6.45) is 5.69. The third kappa shape index (κ3) is 8.81. The Morgan fingerprint density at radius 3 is 2.48 bits per heavy atom. The number of para-hydroxylation sites is 1. The molecule has 1 aliphatic carbocycles. The van der Waals surface area contributed by atoms with Crippen LogP contribution in [0.15, 0.2) is 35.3 Å². The Labute approximate surface area is 180 Å². The Bertz CT molecular complexity index is 562. The maximum absolute atomic E-state index is 12.1. The standard InChI is InChI=1S/C20H32N4O2.HI/c1-21-20(24(2)15-16-26-18-11-7-4-8-12-18)23-14-13-22-19(25)17-9-5-3-6-10-17;/h4,7-8,11-12,17H,3,5-6,9-10,13-16H2,1-2H3,(H,21,23)(H,22,25);1H. The van der Waals surface area contributed by atoms with E-state index in [0.717, 1.165) is 31.1 Å². The summed E-state index contributed by atoms with van der Waals surface area (Å²) in [7, 11) is 3.74. The number of nitrogens with one attached hydrogen (secondary N) is 2. The quantitative estimate of drug-likeness (QED) is 0.256. The number of ether oxygens (including phenoxy) is 1. The lowest BCUT2D eigenvalue weighted by Crippen LogP contribution is -2.44. The average molecular weight is 488 g/mol. The van der Waals surface area contributed by atoms with Crippen LogP contribution in [0.2, 0.25) is 0 Å². The van der Waals surface area contributed by atoms with E-state index in [1.807, 2.05) is 42.3 Å². The van der Waals surface area contributed by atoms with Crippen LogP contribution in [-0.4, -0.2) is 57.1 Å².